The van der Waals surface area contributed by atoms with Crippen LogP contribution in [0.5, 0.6) is 0 Å². The van der Waals surface area contributed by atoms with Crippen molar-refractivity contribution in [1.29, 1.82) is 0 Å². The largest absolute Gasteiger partial charge is 0.327 e. The highest BCUT2D eigenvalue weighted by Crippen LogP contribution is 2.44. The summed E-state index contributed by atoms with van der Waals surface area (Å²) in [5.74, 6) is 0. The quantitative estimate of drug-likeness (QED) is 0.444. The molecule has 0 radical (unpaired) electrons. The van der Waals surface area contributed by atoms with Gasteiger partial charge in [-0.2, -0.15) is 0 Å². The van der Waals surface area contributed by atoms with Gasteiger partial charge in [0.2, 0.25) is 0 Å². The molecule has 2 unspecified atom stereocenters. The second kappa shape index (κ2) is 8.32. The molecule has 0 rings (SSSR count). The molecule has 92 valence electrons. The molecule has 0 aliphatic rings. The van der Waals surface area contributed by atoms with E-state index in [1.807, 2.05) is 6.92 Å². The first kappa shape index (κ1) is 15.2. The highest BCUT2D eigenvalue weighted by atomic mass is 31.2. The average Bonchev–Trinajstić information content (AvgIpc) is 2.17. The molecule has 0 saturated carbocycles. The zero-order valence-corrected chi connectivity index (χ0v) is 11.4. The van der Waals surface area contributed by atoms with Crippen molar-refractivity contribution < 1.29 is 13.6 Å². The van der Waals surface area contributed by atoms with Crippen LogP contribution < -0.4 is 0 Å². The van der Waals surface area contributed by atoms with Crippen molar-refractivity contribution in [3.63, 3.8) is 0 Å². The van der Waals surface area contributed by atoms with Gasteiger partial charge < -0.3 is 9.05 Å². The van der Waals surface area contributed by atoms with Gasteiger partial charge >= 0.3 is 7.60 Å². The predicted octanol–water partition coefficient (Wildman–Crippen LogP) is 4.22. The fraction of sp³-hybridized carbons (Fsp3) is 1.00. The van der Waals surface area contributed by atoms with Gasteiger partial charge in [0.05, 0.1) is 6.10 Å². The summed E-state index contributed by atoms with van der Waals surface area (Å²) >= 11 is 0. The summed E-state index contributed by atoms with van der Waals surface area (Å²) in [6, 6.07) is 0. The zero-order valence-electron chi connectivity index (χ0n) is 10.5. The van der Waals surface area contributed by atoms with Gasteiger partial charge in [0.15, 0.2) is 0 Å². The minimum absolute atomic E-state index is 0.0300. The summed E-state index contributed by atoms with van der Waals surface area (Å²) in [4.78, 5) is 0. The van der Waals surface area contributed by atoms with E-state index in [2.05, 4.69) is 6.92 Å². The van der Waals surface area contributed by atoms with Crippen molar-refractivity contribution in [3.8, 4) is 0 Å². The van der Waals surface area contributed by atoms with Crippen LogP contribution >= 0.6 is 7.60 Å². The number of hydrogen-bond acceptors (Lipinski definition) is 3. The minimum Gasteiger partial charge on any atom is -0.312 e. The second-order valence-corrected chi connectivity index (χ2v) is 6.19. The summed E-state index contributed by atoms with van der Waals surface area (Å²) in [7, 11) is -1.37. The molecule has 0 aliphatic heterocycles. The van der Waals surface area contributed by atoms with E-state index in [9.17, 15) is 4.57 Å². The van der Waals surface area contributed by atoms with E-state index in [0.717, 1.165) is 12.8 Å². The smallest absolute Gasteiger partial charge is 0.312 e. The first-order chi connectivity index (χ1) is 7.02. The van der Waals surface area contributed by atoms with Crippen LogP contribution in [0.15, 0.2) is 0 Å². The lowest BCUT2D eigenvalue weighted by atomic mass is 10.1. The molecule has 0 N–H and O–H groups in total. The van der Waals surface area contributed by atoms with E-state index in [1.165, 1.54) is 39.5 Å². The van der Waals surface area contributed by atoms with Crippen LogP contribution in [0.2, 0.25) is 0 Å². The van der Waals surface area contributed by atoms with Gasteiger partial charge in [0, 0.05) is 13.8 Å². The third-order valence-corrected chi connectivity index (χ3v) is 3.82. The molecule has 3 nitrogen and oxygen atoms in total. The molecule has 0 fully saturated rings. The van der Waals surface area contributed by atoms with Crippen LogP contribution in [0.25, 0.3) is 0 Å². The molecular formula is C11H25O3P. The van der Waals surface area contributed by atoms with Gasteiger partial charge in [-0.3, -0.25) is 4.57 Å². The topological polar surface area (TPSA) is 35.5 Å². The Hall–Kier alpha value is 0.150. The van der Waals surface area contributed by atoms with E-state index in [-0.39, 0.29) is 6.10 Å². The van der Waals surface area contributed by atoms with Crippen molar-refractivity contribution >= 4 is 7.60 Å². The molecule has 4 heteroatoms. The molecule has 15 heavy (non-hydrogen) atoms. The number of unbranched alkanes of at least 4 members (excludes halogenated alkanes) is 4. The Bertz CT molecular complexity index is 194. The molecule has 0 bridgehead atoms. The Balaban J connectivity index is 3.49. The maximum atomic E-state index is 11.5. The van der Waals surface area contributed by atoms with E-state index in [0.29, 0.717) is 0 Å². The number of rotatable bonds is 9. The molecule has 0 spiro atoms. The van der Waals surface area contributed by atoms with Gasteiger partial charge in [0.25, 0.3) is 0 Å². The van der Waals surface area contributed by atoms with Crippen molar-refractivity contribution in [2.45, 2.75) is 58.5 Å². The van der Waals surface area contributed by atoms with E-state index in [4.69, 9.17) is 9.05 Å². The van der Waals surface area contributed by atoms with Crippen molar-refractivity contribution in [2.75, 3.05) is 13.8 Å². The average molecular weight is 236 g/mol. The SMILES string of the molecule is CCCCCCCC(C)OP(C)(=O)OC. The van der Waals surface area contributed by atoms with Crippen molar-refractivity contribution in [1.82, 2.24) is 0 Å². The first-order valence-electron chi connectivity index (χ1n) is 5.83. The molecule has 0 aromatic rings. The Morgan fingerprint density at radius 3 is 2.33 bits per heavy atom. The lowest BCUT2D eigenvalue weighted by Gasteiger charge is -2.17. The normalized spacial score (nSPS) is 17.3. The summed E-state index contributed by atoms with van der Waals surface area (Å²) in [6.45, 7) is 5.67. The maximum Gasteiger partial charge on any atom is 0.327 e. The lowest BCUT2D eigenvalue weighted by molar-refractivity contribution is 0.168. The Morgan fingerprint density at radius 1 is 1.20 bits per heavy atom. The predicted molar refractivity (Wildman–Crippen MR) is 64.5 cm³/mol. The molecular weight excluding hydrogens is 211 g/mol. The third-order valence-electron chi connectivity index (χ3n) is 2.42. The Morgan fingerprint density at radius 2 is 1.80 bits per heavy atom. The Labute approximate surface area is 94.1 Å². The van der Waals surface area contributed by atoms with Crippen LogP contribution in [0.3, 0.4) is 0 Å². The summed E-state index contributed by atoms with van der Waals surface area (Å²) < 4.78 is 21.6. The highest BCUT2D eigenvalue weighted by molar-refractivity contribution is 7.52. The molecule has 0 aromatic carbocycles. The zero-order chi connectivity index (χ0) is 11.7. The van der Waals surface area contributed by atoms with Gasteiger partial charge in [-0.1, -0.05) is 39.0 Å². The van der Waals surface area contributed by atoms with Crippen LogP contribution in [-0.2, 0) is 13.6 Å². The standard InChI is InChI=1S/C11H25O3P/c1-5-6-7-8-9-10-11(2)14-15(4,12)13-3/h11H,5-10H2,1-4H3. The van der Waals surface area contributed by atoms with E-state index < -0.39 is 7.60 Å². The van der Waals surface area contributed by atoms with Crippen LogP contribution in [0.4, 0.5) is 0 Å². The summed E-state index contributed by atoms with van der Waals surface area (Å²) in [5, 5.41) is 0. The molecule has 0 aliphatic carbocycles. The summed E-state index contributed by atoms with van der Waals surface area (Å²) in [5.41, 5.74) is 0. The maximum absolute atomic E-state index is 11.5. The summed E-state index contributed by atoms with van der Waals surface area (Å²) in [6.07, 6.45) is 7.23. The van der Waals surface area contributed by atoms with Gasteiger partial charge in [0.1, 0.15) is 0 Å². The van der Waals surface area contributed by atoms with Crippen LogP contribution in [-0.4, -0.2) is 19.9 Å². The van der Waals surface area contributed by atoms with Crippen molar-refractivity contribution in [2.24, 2.45) is 0 Å². The fourth-order valence-corrected chi connectivity index (χ4v) is 2.30. The molecule has 0 aromatic heterocycles. The van der Waals surface area contributed by atoms with Crippen LogP contribution in [0, 0.1) is 0 Å². The third kappa shape index (κ3) is 9.10. The first-order valence-corrected chi connectivity index (χ1v) is 7.82. The number of hydrogen-bond donors (Lipinski definition) is 0. The van der Waals surface area contributed by atoms with E-state index >= 15 is 0 Å². The fourth-order valence-electron chi connectivity index (χ4n) is 1.46. The molecule has 0 heterocycles. The monoisotopic (exact) mass is 236 g/mol. The molecule has 0 amide bonds. The van der Waals surface area contributed by atoms with E-state index in [1.54, 1.807) is 0 Å². The second-order valence-electron chi connectivity index (χ2n) is 4.07. The van der Waals surface area contributed by atoms with Gasteiger partial charge in [-0.25, -0.2) is 0 Å². The molecule has 0 saturated heterocycles. The lowest BCUT2D eigenvalue weighted by Crippen LogP contribution is -2.06. The van der Waals surface area contributed by atoms with Crippen molar-refractivity contribution in [3.05, 3.63) is 0 Å². The highest BCUT2D eigenvalue weighted by Gasteiger charge is 2.18. The Kier molecular flexibility index (Phi) is 8.40. The minimum atomic E-state index is -2.79. The van der Waals surface area contributed by atoms with Gasteiger partial charge in [-0.05, 0) is 13.3 Å². The van der Waals surface area contributed by atoms with Crippen LogP contribution in [0.1, 0.15) is 52.4 Å². The molecule has 2 atom stereocenters. The van der Waals surface area contributed by atoms with Gasteiger partial charge in [-0.15, -0.1) is 0 Å².